The summed E-state index contributed by atoms with van der Waals surface area (Å²) in [6.45, 7) is 6.91. The molecule has 1 heterocycles. The van der Waals surface area contributed by atoms with Crippen molar-refractivity contribution < 1.29 is 18.0 Å². The Labute approximate surface area is 202 Å². The fourth-order valence-electron chi connectivity index (χ4n) is 3.84. The predicted molar refractivity (Wildman–Crippen MR) is 135 cm³/mol. The van der Waals surface area contributed by atoms with Crippen LogP contribution in [-0.2, 0) is 20.4 Å². The first-order valence-electron chi connectivity index (χ1n) is 11.4. The minimum Gasteiger partial charge on any atom is -0.326 e. The lowest BCUT2D eigenvalue weighted by atomic mass is 9.87. The van der Waals surface area contributed by atoms with Crippen LogP contribution in [0.2, 0.25) is 0 Å². The number of hydrogen-bond acceptors (Lipinski definition) is 4. The summed E-state index contributed by atoms with van der Waals surface area (Å²) in [5.74, 6) is -0.913. The number of nitrogens with one attached hydrogen (secondary N) is 2. The maximum Gasteiger partial charge on any atom is 0.281 e. The Morgan fingerprint density at radius 1 is 1.00 bits per heavy atom. The molecule has 34 heavy (non-hydrogen) atoms. The highest BCUT2D eigenvalue weighted by molar-refractivity contribution is 7.86. The summed E-state index contributed by atoms with van der Waals surface area (Å²) in [6, 6.07) is 14.4. The van der Waals surface area contributed by atoms with Gasteiger partial charge in [0.15, 0.2) is 0 Å². The Bertz CT molecular complexity index is 1140. The number of hydrogen-bond donors (Lipinski definition) is 2. The third-order valence-electron chi connectivity index (χ3n) is 5.94. The molecule has 2 amide bonds. The number of piperidine rings is 1. The summed E-state index contributed by atoms with van der Waals surface area (Å²) in [6.07, 6.45) is 1.24. The van der Waals surface area contributed by atoms with Gasteiger partial charge in [0.2, 0.25) is 5.91 Å². The highest BCUT2D eigenvalue weighted by Gasteiger charge is 2.33. The summed E-state index contributed by atoms with van der Waals surface area (Å²) in [4.78, 5) is 25.5. The molecule has 0 aliphatic carbocycles. The highest BCUT2D eigenvalue weighted by atomic mass is 32.2. The summed E-state index contributed by atoms with van der Waals surface area (Å²) in [7, 11) is -0.590. The van der Waals surface area contributed by atoms with Crippen LogP contribution in [0, 0.1) is 5.92 Å². The van der Waals surface area contributed by atoms with E-state index in [4.69, 9.17) is 0 Å². The number of nitrogens with zero attached hydrogens (tertiary/aromatic N) is 2. The maximum atomic E-state index is 12.8. The van der Waals surface area contributed by atoms with Gasteiger partial charge in [-0.2, -0.15) is 17.0 Å². The second kappa shape index (κ2) is 10.2. The Hall–Kier alpha value is -2.75. The van der Waals surface area contributed by atoms with Crippen LogP contribution in [0.5, 0.6) is 0 Å². The van der Waals surface area contributed by atoms with Crippen molar-refractivity contribution >= 4 is 33.4 Å². The van der Waals surface area contributed by atoms with Crippen LogP contribution in [-0.4, -0.2) is 56.0 Å². The molecule has 1 saturated heterocycles. The number of carbonyl (C=O) groups is 2. The first-order valence-corrected chi connectivity index (χ1v) is 12.8. The lowest BCUT2D eigenvalue weighted by Gasteiger charge is -2.32. The first kappa shape index (κ1) is 25.9. The van der Waals surface area contributed by atoms with Gasteiger partial charge in [0.1, 0.15) is 0 Å². The van der Waals surface area contributed by atoms with Gasteiger partial charge in [0.05, 0.1) is 5.92 Å². The molecule has 2 aromatic rings. The van der Waals surface area contributed by atoms with Gasteiger partial charge < -0.3 is 10.6 Å². The van der Waals surface area contributed by atoms with Crippen molar-refractivity contribution in [2.75, 3.05) is 37.8 Å². The zero-order valence-electron chi connectivity index (χ0n) is 20.5. The normalized spacial score (nSPS) is 17.4. The van der Waals surface area contributed by atoms with Crippen LogP contribution in [0.3, 0.4) is 0 Å². The van der Waals surface area contributed by atoms with Crippen molar-refractivity contribution in [1.29, 1.82) is 0 Å². The molecule has 1 unspecified atom stereocenters. The number of benzene rings is 2. The van der Waals surface area contributed by atoms with E-state index in [-0.39, 0.29) is 23.8 Å². The zero-order valence-corrected chi connectivity index (χ0v) is 21.3. The van der Waals surface area contributed by atoms with Crippen molar-refractivity contribution in [2.45, 2.75) is 39.0 Å². The highest BCUT2D eigenvalue weighted by Crippen LogP contribution is 2.24. The van der Waals surface area contributed by atoms with Gasteiger partial charge in [-0.15, -0.1) is 0 Å². The van der Waals surface area contributed by atoms with E-state index in [1.807, 2.05) is 12.1 Å². The molecular formula is C25H34N4O4S. The lowest BCUT2D eigenvalue weighted by Crippen LogP contribution is -2.47. The molecule has 0 saturated carbocycles. The van der Waals surface area contributed by atoms with Crippen LogP contribution in [0.25, 0.3) is 0 Å². The van der Waals surface area contributed by atoms with E-state index in [9.17, 15) is 18.0 Å². The molecule has 1 aliphatic rings. The SMILES string of the molecule is CN(C)S(=O)(=O)N1CCCC(C(=O)Nc2cccc(NC(=O)c3ccc(C(C)(C)C)cc3)c2)C1. The second-order valence-corrected chi connectivity index (χ2v) is 12.0. The maximum absolute atomic E-state index is 12.8. The average molecular weight is 487 g/mol. The van der Waals surface area contributed by atoms with Gasteiger partial charge in [-0.05, 0) is 54.2 Å². The first-order chi connectivity index (χ1) is 15.9. The fraction of sp³-hybridized carbons (Fsp3) is 0.440. The van der Waals surface area contributed by atoms with Crippen molar-refractivity contribution in [3.63, 3.8) is 0 Å². The van der Waals surface area contributed by atoms with E-state index >= 15 is 0 Å². The van der Waals surface area contributed by atoms with Crippen LogP contribution >= 0.6 is 0 Å². The predicted octanol–water partition coefficient (Wildman–Crippen LogP) is 3.69. The van der Waals surface area contributed by atoms with Crippen molar-refractivity contribution in [3.8, 4) is 0 Å². The van der Waals surface area contributed by atoms with Gasteiger partial charge in [-0.3, -0.25) is 9.59 Å². The van der Waals surface area contributed by atoms with Gasteiger partial charge in [-0.25, -0.2) is 0 Å². The second-order valence-electron chi connectivity index (χ2n) is 9.84. The van der Waals surface area contributed by atoms with E-state index < -0.39 is 16.1 Å². The molecule has 2 N–H and O–H groups in total. The topological polar surface area (TPSA) is 98.8 Å². The Balaban J connectivity index is 1.64. The number of amides is 2. The molecule has 0 spiro atoms. The molecule has 1 fully saturated rings. The third kappa shape index (κ3) is 6.22. The molecule has 1 aliphatic heterocycles. The Morgan fingerprint density at radius 3 is 2.21 bits per heavy atom. The molecule has 9 heteroatoms. The lowest BCUT2D eigenvalue weighted by molar-refractivity contribution is -0.120. The van der Waals surface area contributed by atoms with Crippen LogP contribution < -0.4 is 10.6 Å². The molecule has 184 valence electrons. The summed E-state index contributed by atoms with van der Waals surface area (Å²) in [5, 5.41) is 5.73. The minimum atomic E-state index is -3.56. The molecule has 0 aromatic heterocycles. The monoisotopic (exact) mass is 486 g/mol. The zero-order chi connectivity index (χ0) is 25.1. The Kier molecular flexibility index (Phi) is 7.80. The van der Waals surface area contributed by atoms with Gasteiger partial charge >= 0.3 is 0 Å². The quantitative estimate of drug-likeness (QED) is 0.651. The number of anilines is 2. The van der Waals surface area contributed by atoms with E-state index in [1.165, 1.54) is 18.4 Å². The largest absolute Gasteiger partial charge is 0.326 e. The number of rotatable bonds is 6. The van der Waals surface area contributed by atoms with E-state index in [2.05, 4.69) is 31.4 Å². The van der Waals surface area contributed by atoms with E-state index in [1.54, 1.807) is 36.4 Å². The van der Waals surface area contributed by atoms with Crippen LogP contribution in [0.15, 0.2) is 48.5 Å². The van der Waals surface area contributed by atoms with E-state index in [0.29, 0.717) is 36.3 Å². The van der Waals surface area contributed by atoms with Gasteiger partial charge in [-0.1, -0.05) is 39.0 Å². The third-order valence-corrected chi connectivity index (χ3v) is 7.85. The molecular weight excluding hydrogens is 452 g/mol. The van der Waals surface area contributed by atoms with Gasteiger partial charge in [0, 0.05) is 44.1 Å². The minimum absolute atomic E-state index is 0.00750. The molecule has 3 rings (SSSR count). The molecule has 0 bridgehead atoms. The summed E-state index contributed by atoms with van der Waals surface area (Å²) in [5.41, 5.74) is 2.80. The summed E-state index contributed by atoms with van der Waals surface area (Å²) >= 11 is 0. The standard InChI is InChI=1S/C25H34N4O4S/c1-25(2,3)20-13-11-18(12-14-20)23(30)26-21-9-6-10-22(16-21)27-24(31)19-8-7-15-29(17-19)34(32,33)28(4)5/h6,9-14,16,19H,7-8,15,17H2,1-5H3,(H,26,30)(H,27,31). The number of carbonyl (C=O) groups excluding carboxylic acids is 2. The van der Waals surface area contributed by atoms with Crippen LogP contribution in [0.1, 0.15) is 49.5 Å². The smallest absolute Gasteiger partial charge is 0.281 e. The van der Waals surface area contributed by atoms with Gasteiger partial charge in [0.25, 0.3) is 16.1 Å². The average Bonchev–Trinajstić information content (AvgIpc) is 2.78. The molecule has 1 atom stereocenters. The Morgan fingerprint density at radius 2 is 1.62 bits per heavy atom. The van der Waals surface area contributed by atoms with Crippen molar-refractivity contribution in [2.24, 2.45) is 5.92 Å². The molecule has 2 aromatic carbocycles. The van der Waals surface area contributed by atoms with Crippen molar-refractivity contribution in [3.05, 3.63) is 59.7 Å². The van der Waals surface area contributed by atoms with Crippen LogP contribution in [0.4, 0.5) is 11.4 Å². The van der Waals surface area contributed by atoms with Crippen molar-refractivity contribution in [1.82, 2.24) is 8.61 Å². The molecule has 8 nitrogen and oxygen atoms in total. The van der Waals surface area contributed by atoms with E-state index in [0.717, 1.165) is 9.87 Å². The fourth-order valence-corrected chi connectivity index (χ4v) is 5.03. The molecule has 0 radical (unpaired) electrons. The summed E-state index contributed by atoms with van der Waals surface area (Å²) < 4.78 is 27.4.